The number of thiazole rings is 1. The molecule has 4 rings (SSSR count). The molecule has 2 aliphatic rings. The van der Waals surface area contributed by atoms with Crippen LogP contribution in [0.5, 0.6) is 5.75 Å². The number of aryl methyl sites for hydroxylation is 1. The molecule has 2 aliphatic heterocycles. The van der Waals surface area contributed by atoms with Crippen LogP contribution in [0.2, 0.25) is 0 Å². The van der Waals surface area contributed by atoms with E-state index in [4.69, 9.17) is 9.47 Å². The summed E-state index contributed by atoms with van der Waals surface area (Å²) in [6.07, 6.45) is 4.71. The number of nitrogens with zero attached hydrogens (tertiary/aromatic N) is 3. The molecular formula is C25H33N3O4S. The molecular weight excluding hydrogens is 438 g/mol. The topological polar surface area (TPSA) is 72.0 Å². The normalized spacial score (nSPS) is 19.9. The Hall–Kier alpha value is -2.45. The van der Waals surface area contributed by atoms with E-state index in [9.17, 15) is 9.59 Å². The van der Waals surface area contributed by atoms with Crippen LogP contribution in [0, 0.1) is 6.92 Å². The molecule has 1 aromatic carbocycles. The van der Waals surface area contributed by atoms with Gasteiger partial charge in [-0.1, -0.05) is 18.6 Å². The van der Waals surface area contributed by atoms with Crippen LogP contribution in [-0.4, -0.2) is 65.0 Å². The monoisotopic (exact) mass is 471 g/mol. The van der Waals surface area contributed by atoms with Gasteiger partial charge in [-0.2, -0.15) is 0 Å². The van der Waals surface area contributed by atoms with E-state index >= 15 is 0 Å². The van der Waals surface area contributed by atoms with Crippen LogP contribution in [0.15, 0.2) is 29.6 Å². The second-order valence-corrected chi connectivity index (χ2v) is 9.80. The summed E-state index contributed by atoms with van der Waals surface area (Å²) < 4.78 is 11.6. The van der Waals surface area contributed by atoms with Crippen LogP contribution in [0.25, 0.3) is 0 Å². The van der Waals surface area contributed by atoms with Gasteiger partial charge in [-0.25, -0.2) is 4.98 Å². The molecule has 0 radical (unpaired) electrons. The summed E-state index contributed by atoms with van der Waals surface area (Å²) in [7, 11) is 0. The summed E-state index contributed by atoms with van der Waals surface area (Å²) in [6, 6.07) is 7.99. The summed E-state index contributed by atoms with van der Waals surface area (Å²) in [5, 5.41) is 2.75. The third kappa shape index (κ3) is 6.12. The fraction of sp³-hybridized carbons (Fsp3) is 0.560. The molecule has 33 heavy (non-hydrogen) atoms. The largest absolute Gasteiger partial charge is 0.490 e. The number of hydrogen-bond donors (Lipinski definition) is 0. The Balaban J connectivity index is 1.31. The first-order chi connectivity index (χ1) is 16.0. The summed E-state index contributed by atoms with van der Waals surface area (Å²) in [5.74, 6) is 0.744. The Morgan fingerprint density at radius 3 is 2.70 bits per heavy atom. The minimum atomic E-state index is -0.161. The fourth-order valence-corrected chi connectivity index (χ4v) is 5.22. The molecule has 0 bridgehead atoms. The zero-order valence-electron chi connectivity index (χ0n) is 19.5. The molecule has 2 aromatic rings. The number of piperidine rings is 2. The Morgan fingerprint density at radius 1 is 1.15 bits per heavy atom. The van der Waals surface area contributed by atoms with Crippen LogP contribution < -0.4 is 4.74 Å². The average Bonchev–Trinajstić information content (AvgIpc) is 3.26. The van der Waals surface area contributed by atoms with Crippen molar-refractivity contribution in [2.24, 2.45) is 0 Å². The van der Waals surface area contributed by atoms with E-state index < -0.39 is 0 Å². The number of rotatable bonds is 7. The van der Waals surface area contributed by atoms with Gasteiger partial charge in [0.2, 0.25) is 0 Å². The van der Waals surface area contributed by atoms with Gasteiger partial charge in [-0.05, 0) is 50.9 Å². The van der Waals surface area contributed by atoms with E-state index in [1.807, 2.05) is 36.3 Å². The first-order valence-corrected chi connectivity index (χ1v) is 12.8. The Bertz CT molecular complexity index is 955. The van der Waals surface area contributed by atoms with Crippen LogP contribution in [0.3, 0.4) is 0 Å². The van der Waals surface area contributed by atoms with Gasteiger partial charge in [0.1, 0.15) is 23.6 Å². The lowest BCUT2D eigenvalue weighted by atomic mass is 10.0. The van der Waals surface area contributed by atoms with Crippen LogP contribution >= 0.6 is 11.3 Å². The summed E-state index contributed by atoms with van der Waals surface area (Å²) in [4.78, 5) is 33.4. The number of carbonyl (C=O) groups is 2. The maximum Gasteiger partial charge on any atom is 0.323 e. The molecule has 178 valence electrons. The van der Waals surface area contributed by atoms with E-state index in [1.54, 1.807) is 0 Å². The highest BCUT2D eigenvalue weighted by Crippen LogP contribution is 2.25. The molecule has 3 heterocycles. The second kappa shape index (κ2) is 11.1. The molecule has 1 atom stereocenters. The maximum atomic E-state index is 12.6. The van der Waals surface area contributed by atoms with Gasteiger partial charge in [0.15, 0.2) is 0 Å². The minimum absolute atomic E-state index is 0.0116. The van der Waals surface area contributed by atoms with Crippen molar-refractivity contribution in [2.45, 2.75) is 64.6 Å². The van der Waals surface area contributed by atoms with Crippen molar-refractivity contribution in [1.82, 2.24) is 14.8 Å². The van der Waals surface area contributed by atoms with Gasteiger partial charge >= 0.3 is 5.97 Å². The first kappa shape index (κ1) is 23.7. The number of hydrogen-bond acceptors (Lipinski definition) is 7. The van der Waals surface area contributed by atoms with Crippen molar-refractivity contribution in [1.29, 1.82) is 0 Å². The molecule has 0 saturated carbocycles. The number of benzene rings is 1. The van der Waals surface area contributed by atoms with Crippen LogP contribution in [-0.2, 0) is 16.1 Å². The van der Waals surface area contributed by atoms with Crippen molar-refractivity contribution in [2.75, 3.05) is 26.2 Å². The number of carbonyl (C=O) groups excluding carboxylic acids is 2. The van der Waals surface area contributed by atoms with Gasteiger partial charge in [-0.3, -0.25) is 14.5 Å². The second-order valence-electron chi connectivity index (χ2n) is 8.74. The molecule has 8 heteroatoms. The number of likely N-dealkylation sites (tertiary alicyclic amines) is 2. The van der Waals surface area contributed by atoms with Gasteiger partial charge in [0.05, 0.1) is 11.6 Å². The SMILES string of the molecule is CCOC(=O)C1CCCCN1Cc1cccc(OC2CCN(C(=O)c3csc(C)n3)CC2)c1. The summed E-state index contributed by atoms with van der Waals surface area (Å²) in [6.45, 7) is 7.15. The van der Waals surface area contributed by atoms with Gasteiger partial charge < -0.3 is 14.4 Å². The zero-order valence-corrected chi connectivity index (χ0v) is 20.3. The predicted molar refractivity (Wildman–Crippen MR) is 128 cm³/mol. The van der Waals surface area contributed by atoms with E-state index in [1.165, 1.54) is 11.3 Å². The van der Waals surface area contributed by atoms with E-state index in [0.717, 1.165) is 55.0 Å². The maximum absolute atomic E-state index is 12.6. The van der Waals surface area contributed by atoms with Crippen LogP contribution in [0.1, 0.15) is 60.1 Å². The molecule has 1 amide bonds. The highest BCUT2D eigenvalue weighted by molar-refractivity contribution is 7.09. The Morgan fingerprint density at radius 2 is 1.97 bits per heavy atom. The first-order valence-electron chi connectivity index (χ1n) is 11.9. The molecule has 7 nitrogen and oxygen atoms in total. The lowest BCUT2D eigenvalue weighted by molar-refractivity contribution is -0.151. The van der Waals surface area contributed by atoms with Crippen molar-refractivity contribution in [3.05, 3.63) is 45.9 Å². The van der Waals surface area contributed by atoms with Crippen molar-refractivity contribution < 1.29 is 19.1 Å². The fourth-order valence-electron chi connectivity index (χ4n) is 4.63. The van der Waals surface area contributed by atoms with Gasteiger partial charge in [-0.15, -0.1) is 11.3 Å². The molecule has 2 saturated heterocycles. The third-order valence-corrected chi connectivity index (χ3v) is 7.10. The van der Waals surface area contributed by atoms with Gasteiger partial charge in [0.25, 0.3) is 5.91 Å². The van der Waals surface area contributed by atoms with E-state index in [0.29, 0.717) is 31.9 Å². The van der Waals surface area contributed by atoms with Crippen molar-refractivity contribution in [3.63, 3.8) is 0 Å². The molecule has 1 aromatic heterocycles. The predicted octanol–water partition coefficient (Wildman–Crippen LogP) is 4.05. The smallest absolute Gasteiger partial charge is 0.323 e. The minimum Gasteiger partial charge on any atom is -0.490 e. The summed E-state index contributed by atoms with van der Waals surface area (Å²) in [5.41, 5.74) is 1.68. The number of ether oxygens (including phenoxy) is 2. The molecule has 0 spiro atoms. The third-order valence-electron chi connectivity index (χ3n) is 6.33. The Labute approximate surface area is 199 Å². The van der Waals surface area contributed by atoms with E-state index in [2.05, 4.69) is 22.0 Å². The molecule has 0 aliphatic carbocycles. The highest BCUT2D eigenvalue weighted by atomic mass is 32.1. The average molecular weight is 472 g/mol. The quantitative estimate of drug-likeness (QED) is 0.568. The highest BCUT2D eigenvalue weighted by Gasteiger charge is 2.30. The van der Waals surface area contributed by atoms with Crippen molar-refractivity contribution in [3.8, 4) is 5.75 Å². The zero-order chi connectivity index (χ0) is 23.2. The lowest BCUT2D eigenvalue weighted by Crippen LogP contribution is -2.44. The number of esters is 1. The summed E-state index contributed by atoms with van der Waals surface area (Å²) >= 11 is 1.50. The number of amides is 1. The standard InChI is InChI=1S/C25H33N3O4S/c1-3-31-25(30)23-9-4-5-12-28(23)16-19-7-6-8-21(15-19)32-20-10-13-27(14-11-20)24(29)22-17-33-18(2)26-22/h6-8,15,17,20,23H,3-5,9-14,16H2,1-2H3. The van der Waals surface area contributed by atoms with E-state index in [-0.39, 0.29) is 24.0 Å². The molecule has 1 unspecified atom stereocenters. The molecule has 2 fully saturated rings. The number of aromatic nitrogens is 1. The van der Waals surface area contributed by atoms with Gasteiger partial charge in [0, 0.05) is 37.9 Å². The van der Waals surface area contributed by atoms with Crippen molar-refractivity contribution >= 4 is 23.2 Å². The van der Waals surface area contributed by atoms with Crippen LogP contribution in [0.4, 0.5) is 0 Å². The Kier molecular flexibility index (Phi) is 7.98. The molecule has 0 N–H and O–H groups in total. The lowest BCUT2D eigenvalue weighted by Gasteiger charge is -2.34.